The fraction of sp³-hybridized carbons (Fsp3) is 0.231. The van der Waals surface area contributed by atoms with Crippen molar-refractivity contribution in [2.45, 2.75) is 23.0 Å². The van der Waals surface area contributed by atoms with Gasteiger partial charge in [0.05, 0.1) is 37.6 Å². The first kappa shape index (κ1) is 23.9. The van der Waals surface area contributed by atoms with Crippen LogP contribution < -0.4 is 0 Å². The molecule has 3 aromatic carbocycles. The summed E-state index contributed by atoms with van der Waals surface area (Å²) < 4.78 is 11.5. The lowest BCUT2D eigenvalue weighted by atomic mass is 10.1. The molecule has 3 aromatic rings. The zero-order chi connectivity index (χ0) is 22.4. The molecule has 0 aliphatic heterocycles. The first-order valence-electron chi connectivity index (χ1n) is 10.3. The number of hydrogen-bond acceptors (Lipinski definition) is 6. The monoisotopic (exact) mass is 460 g/mol. The van der Waals surface area contributed by atoms with Crippen molar-refractivity contribution in [3.63, 3.8) is 0 Å². The molecule has 4 nitrogen and oxygen atoms in total. The highest BCUT2D eigenvalue weighted by atomic mass is 32.2. The highest BCUT2D eigenvalue weighted by molar-refractivity contribution is 8.02. The first-order chi connectivity index (χ1) is 15.8. The first-order valence-corrected chi connectivity index (χ1v) is 12.2. The normalized spacial score (nSPS) is 10.4. The molecule has 0 fully saturated rings. The van der Waals surface area contributed by atoms with Crippen LogP contribution in [0.25, 0.3) is 0 Å². The summed E-state index contributed by atoms with van der Waals surface area (Å²) in [5.74, 6) is 1.53. The standard InChI is InChI=1S/C26H24N2O2S2/c27-17-23-15-25(31-13-11-29-19-21-7-3-1-4-8-21)26(16-24(23)18-28)32-14-12-30-20-22-9-5-2-6-10-22/h1-10,15-16H,11-14,19-20H2. The van der Waals surface area contributed by atoms with Crippen molar-refractivity contribution < 1.29 is 9.47 Å². The van der Waals surface area contributed by atoms with Gasteiger partial charge < -0.3 is 9.47 Å². The van der Waals surface area contributed by atoms with Gasteiger partial charge in [0.25, 0.3) is 0 Å². The third kappa shape index (κ3) is 7.75. The van der Waals surface area contributed by atoms with Gasteiger partial charge in [0.2, 0.25) is 0 Å². The molecule has 0 amide bonds. The van der Waals surface area contributed by atoms with Gasteiger partial charge in [0.15, 0.2) is 0 Å². The molecule has 0 atom stereocenters. The van der Waals surface area contributed by atoms with Crippen LogP contribution in [-0.2, 0) is 22.7 Å². The van der Waals surface area contributed by atoms with Crippen molar-refractivity contribution in [1.82, 2.24) is 0 Å². The van der Waals surface area contributed by atoms with Gasteiger partial charge in [0, 0.05) is 21.3 Å². The minimum atomic E-state index is 0.407. The van der Waals surface area contributed by atoms with Crippen molar-refractivity contribution in [3.8, 4) is 12.1 Å². The predicted molar refractivity (Wildman–Crippen MR) is 130 cm³/mol. The Morgan fingerprint density at radius 1 is 0.625 bits per heavy atom. The van der Waals surface area contributed by atoms with E-state index in [0.29, 0.717) is 37.6 Å². The molecule has 6 heteroatoms. The Balaban J connectivity index is 1.51. The molecule has 0 heterocycles. The van der Waals surface area contributed by atoms with Gasteiger partial charge in [-0.2, -0.15) is 10.5 Å². The average molecular weight is 461 g/mol. The Labute approximate surface area is 198 Å². The second-order valence-corrected chi connectivity index (χ2v) is 9.11. The number of ether oxygens (including phenoxy) is 2. The second kappa shape index (κ2) is 13.6. The van der Waals surface area contributed by atoms with E-state index in [2.05, 4.69) is 12.1 Å². The molecule has 0 aliphatic rings. The molecule has 0 saturated heterocycles. The number of rotatable bonds is 12. The molecule has 0 N–H and O–H groups in total. The zero-order valence-corrected chi connectivity index (χ0v) is 19.3. The van der Waals surface area contributed by atoms with Crippen LogP contribution in [0.5, 0.6) is 0 Å². The lowest BCUT2D eigenvalue weighted by Crippen LogP contribution is -2.00. The molecule has 0 unspecified atom stereocenters. The average Bonchev–Trinajstić information content (AvgIpc) is 2.85. The van der Waals surface area contributed by atoms with Gasteiger partial charge in [-0.05, 0) is 23.3 Å². The van der Waals surface area contributed by atoms with E-state index in [-0.39, 0.29) is 0 Å². The maximum Gasteiger partial charge on any atom is 0.101 e. The smallest absolute Gasteiger partial charge is 0.101 e. The van der Waals surface area contributed by atoms with Crippen molar-refractivity contribution in [1.29, 1.82) is 10.5 Å². The van der Waals surface area contributed by atoms with Gasteiger partial charge in [-0.1, -0.05) is 60.7 Å². The van der Waals surface area contributed by atoms with Crippen LogP contribution in [0.4, 0.5) is 0 Å². The zero-order valence-electron chi connectivity index (χ0n) is 17.7. The third-order valence-corrected chi connectivity index (χ3v) is 6.69. The summed E-state index contributed by atoms with van der Waals surface area (Å²) in [6.07, 6.45) is 0. The second-order valence-electron chi connectivity index (χ2n) is 6.84. The molecule has 162 valence electrons. The van der Waals surface area contributed by atoms with Crippen LogP contribution in [0.1, 0.15) is 22.3 Å². The van der Waals surface area contributed by atoms with E-state index in [4.69, 9.17) is 9.47 Å². The van der Waals surface area contributed by atoms with Crippen LogP contribution in [0.3, 0.4) is 0 Å². The molecule has 32 heavy (non-hydrogen) atoms. The summed E-state index contributed by atoms with van der Waals surface area (Å²) in [5.41, 5.74) is 3.11. The Morgan fingerprint density at radius 2 is 1.03 bits per heavy atom. The maximum absolute atomic E-state index is 9.39. The number of nitrogens with zero attached hydrogens (tertiary/aromatic N) is 2. The minimum Gasteiger partial charge on any atom is -0.376 e. The lowest BCUT2D eigenvalue weighted by molar-refractivity contribution is 0.136. The highest BCUT2D eigenvalue weighted by Gasteiger charge is 2.11. The van der Waals surface area contributed by atoms with E-state index in [1.807, 2.05) is 72.8 Å². The van der Waals surface area contributed by atoms with Crippen molar-refractivity contribution in [3.05, 3.63) is 95.1 Å². The van der Waals surface area contributed by atoms with E-state index in [0.717, 1.165) is 32.4 Å². The summed E-state index contributed by atoms with van der Waals surface area (Å²) in [6, 6.07) is 28.0. The highest BCUT2D eigenvalue weighted by Crippen LogP contribution is 2.33. The Morgan fingerprint density at radius 3 is 1.41 bits per heavy atom. The topological polar surface area (TPSA) is 66.0 Å². The van der Waals surface area contributed by atoms with Crippen molar-refractivity contribution in [2.75, 3.05) is 24.7 Å². The van der Waals surface area contributed by atoms with Crippen molar-refractivity contribution >= 4 is 23.5 Å². The summed E-state index contributed by atoms with van der Waals surface area (Å²) in [4.78, 5) is 1.99. The Bertz CT molecular complexity index is 974. The predicted octanol–water partition coefficient (Wildman–Crippen LogP) is 6.05. The van der Waals surface area contributed by atoms with E-state index in [1.165, 1.54) is 0 Å². The minimum absolute atomic E-state index is 0.407. The number of hydrogen-bond donors (Lipinski definition) is 0. The van der Waals surface area contributed by atoms with E-state index in [1.54, 1.807) is 23.5 Å². The lowest BCUT2D eigenvalue weighted by Gasteiger charge is -2.11. The van der Waals surface area contributed by atoms with Gasteiger partial charge in [-0.25, -0.2) is 0 Å². The van der Waals surface area contributed by atoms with E-state index < -0.39 is 0 Å². The van der Waals surface area contributed by atoms with E-state index in [9.17, 15) is 10.5 Å². The van der Waals surface area contributed by atoms with Crippen molar-refractivity contribution in [2.24, 2.45) is 0 Å². The fourth-order valence-electron chi connectivity index (χ4n) is 2.92. The SMILES string of the molecule is N#Cc1cc(SCCOCc2ccccc2)c(SCCOCc2ccccc2)cc1C#N. The summed E-state index contributed by atoms with van der Waals surface area (Å²) in [6.45, 7) is 2.37. The van der Waals surface area contributed by atoms with Gasteiger partial charge in [0.1, 0.15) is 12.1 Å². The summed E-state index contributed by atoms with van der Waals surface area (Å²) in [7, 11) is 0. The summed E-state index contributed by atoms with van der Waals surface area (Å²) >= 11 is 3.29. The Hall–Kier alpha value is -2.74. The van der Waals surface area contributed by atoms with Gasteiger partial charge in [-0.15, -0.1) is 23.5 Å². The van der Waals surface area contributed by atoms with Crippen LogP contribution in [0.2, 0.25) is 0 Å². The molecule has 0 radical (unpaired) electrons. The number of thioether (sulfide) groups is 2. The molecule has 3 rings (SSSR count). The summed E-state index contributed by atoms with van der Waals surface area (Å²) in [5, 5.41) is 18.8. The maximum atomic E-state index is 9.39. The molecule has 0 aliphatic carbocycles. The van der Waals surface area contributed by atoms with Gasteiger partial charge >= 0.3 is 0 Å². The van der Waals surface area contributed by atoms with Gasteiger partial charge in [-0.3, -0.25) is 0 Å². The number of nitriles is 2. The van der Waals surface area contributed by atoms with Crippen LogP contribution in [0, 0.1) is 22.7 Å². The van der Waals surface area contributed by atoms with Crippen LogP contribution in [-0.4, -0.2) is 24.7 Å². The molecule has 0 saturated carbocycles. The largest absolute Gasteiger partial charge is 0.376 e. The fourth-order valence-corrected chi connectivity index (χ4v) is 4.92. The van der Waals surface area contributed by atoms with E-state index >= 15 is 0 Å². The quantitative estimate of drug-likeness (QED) is 0.242. The number of benzene rings is 3. The molecular weight excluding hydrogens is 436 g/mol. The third-order valence-electron chi connectivity index (χ3n) is 4.52. The molecular formula is C26H24N2O2S2. The van der Waals surface area contributed by atoms with Crippen LogP contribution >= 0.6 is 23.5 Å². The molecule has 0 bridgehead atoms. The molecule has 0 aromatic heterocycles. The Kier molecular flexibility index (Phi) is 10.2. The van der Waals surface area contributed by atoms with Crippen LogP contribution in [0.15, 0.2) is 82.6 Å². The molecule has 0 spiro atoms.